The summed E-state index contributed by atoms with van der Waals surface area (Å²) >= 11 is 5.90. The van der Waals surface area contributed by atoms with Gasteiger partial charge >= 0.3 is 0 Å². The van der Waals surface area contributed by atoms with Crippen molar-refractivity contribution in [1.29, 1.82) is 0 Å². The fourth-order valence-corrected chi connectivity index (χ4v) is 1.88. The lowest BCUT2D eigenvalue weighted by Crippen LogP contribution is -2.40. The van der Waals surface area contributed by atoms with Crippen molar-refractivity contribution in [3.05, 3.63) is 34.9 Å². The Morgan fingerprint density at radius 3 is 2.39 bits per heavy atom. The van der Waals surface area contributed by atoms with Gasteiger partial charge in [0, 0.05) is 25.2 Å². The predicted molar refractivity (Wildman–Crippen MR) is 107 cm³/mol. The van der Waals surface area contributed by atoms with E-state index in [1.54, 1.807) is 13.8 Å². The smallest absolute Gasteiger partial charge is 0.224 e. The van der Waals surface area contributed by atoms with E-state index in [4.69, 9.17) is 17.3 Å². The van der Waals surface area contributed by atoms with Crippen LogP contribution < -0.4 is 11.1 Å². The zero-order valence-electron chi connectivity index (χ0n) is 14.1. The highest BCUT2D eigenvalue weighted by Crippen LogP contribution is 2.15. The van der Waals surface area contributed by atoms with Gasteiger partial charge in [-0.25, -0.2) is 0 Å². The summed E-state index contributed by atoms with van der Waals surface area (Å²) in [5.41, 5.74) is 5.86. The van der Waals surface area contributed by atoms with Gasteiger partial charge in [-0.05, 0) is 38.5 Å². The van der Waals surface area contributed by atoms with Crippen molar-refractivity contribution in [2.24, 2.45) is 16.1 Å². The van der Waals surface area contributed by atoms with Crippen LogP contribution in [-0.4, -0.2) is 36.9 Å². The number of carbonyl (C=O) groups excluding carboxylic acids is 1. The van der Waals surface area contributed by atoms with Crippen molar-refractivity contribution < 1.29 is 4.79 Å². The molecule has 7 heteroatoms. The van der Waals surface area contributed by atoms with Crippen molar-refractivity contribution >= 4 is 47.4 Å². The standard InChI is InChI=1S/C16H25ClN4O.HI/c1-5-19-15(20-11-16(2,3)14(18)22)21(4)10-12-6-8-13(17)9-7-12;/h6-9H,5,10-11H2,1-4H3,(H2,18,22)(H,19,20);1H. The third-order valence-electron chi connectivity index (χ3n) is 3.32. The van der Waals surface area contributed by atoms with Crippen molar-refractivity contribution in [3.63, 3.8) is 0 Å². The maximum Gasteiger partial charge on any atom is 0.224 e. The Morgan fingerprint density at radius 1 is 1.35 bits per heavy atom. The van der Waals surface area contributed by atoms with E-state index in [0.717, 1.165) is 23.1 Å². The number of hydrogen-bond donors (Lipinski definition) is 2. The molecule has 0 fully saturated rings. The van der Waals surface area contributed by atoms with E-state index in [1.165, 1.54) is 0 Å². The number of aliphatic imine (C=N–C) groups is 1. The molecule has 0 saturated carbocycles. The molecule has 0 aromatic heterocycles. The number of halogens is 2. The molecule has 0 heterocycles. The Hall–Kier alpha value is -1.02. The number of carbonyl (C=O) groups is 1. The summed E-state index contributed by atoms with van der Waals surface area (Å²) in [4.78, 5) is 17.9. The minimum absolute atomic E-state index is 0. The molecule has 0 aliphatic heterocycles. The molecule has 0 aliphatic rings. The molecule has 0 bridgehead atoms. The average molecular weight is 453 g/mol. The number of benzene rings is 1. The van der Waals surface area contributed by atoms with Gasteiger partial charge in [0.1, 0.15) is 0 Å². The van der Waals surface area contributed by atoms with Crippen LogP contribution >= 0.6 is 35.6 Å². The largest absolute Gasteiger partial charge is 0.369 e. The number of nitrogens with zero attached hydrogens (tertiary/aromatic N) is 2. The monoisotopic (exact) mass is 452 g/mol. The van der Waals surface area contributed by atoms with Gasteiger partial charge in [-0.15, -0.1) is 24.0 Å². The molecule has 0 unspecified atom stereocenters. The van der Waals surface area contributed by atoms with Crippen LogP contribution in [0.4, 0.5) is 0 Å². The summed E-state index contributed by atoms with van der Waals surface area (Å²) in [6.45, 7) is 7.38. The van der Waals surface area contributed by atoms with Gasteiger partial charge in [-0.2, -0.15) is 0 Å². The quantitative estimate of drug-likeness (QED) is 0.396. The zero-order chi connectivity index (χ0) is 16.8. The Morgan fingerprint density at radius 2 is 1.91 bits per heavy atom. The molecule has 1 aromatic carbocycles. The Bertz CT molecular complexity index is 531. The number of nitrogens with two attached hydrogens (primary N) is 1. The minimum Gasteiger partial charge on any atom is -0.369 e. The van der Waals surface area contributed by atoms with Crippen LogP contribution in [0.5, 0.6) is 0 Å². The first-order chi connectivity index (χ1) is 10.3. The average Bonchev–Trinajstić information content (AvgIpc) is 2.45. The van der Waals surface area contributed by atoms with Crippen LogP contribution in [0.2, 0.25) is 5.02 Å². The fourth-order valence-electron chi connectivity index (χ4n) is 1.76. The van der Waals surface area contributed by atoms with E-state index >= 15 is 0 Å². The van der Waals surface area contributed by atoms with Gasteiger partial charge in [0.2, 0.25) is 5.91 Å². The summed E-state index contributed by atoms with van der Waals surface area (Å²) in [5.74, 6) is 0.388. The highest BCUT2D eigenvalue weighted by atomic mass is 127. The molecule has 0 spiro atoms. The van der Waals surface area contributed by atoms with E-state index in [9.17, 15) is 4.79 Å². The molecule has 0 radical (unpaired) electrons. The second-order valence-corrected chi connectivity index (χ2v) is 6.34. The Kier molecular flexibility index (Phi) is 9.53. The first kappa shape index (κ1) is 22.0. The predicted octanol–water partition coefficient (Wildman–Crippen LogP) is 2.87. The Balaban J connectivity index is 0.00000484. The molecule has 1 aromatic rings. The van der Waals surface area contributed by atoms with Crippen molar-refractivity contribution in [3.8, 4) is 0 Å². The van der Waals surface area contributed by atoms with Crippen LogP contribution in [0.25, 0.3) is 0 Å². The van der Waals surface area contributed by atoms with Gasteiger partial charge in [0.25, 0.3) is 0 Å². The normalized spacial score (nSPS) is 11.6. The summed E-state index contributed by atoms with van der Waals surface area (Å²) < 4.78 is 0. The number of nitrogens with one attached hydrogen (secondary N) is 1. The van der Waals surface area contributed by atoms with Crippen LogP contribution in [0, 0.1) is 5.41 Å². The second-order valence-electron chi connectivity index (χ2n) is 5.90. The molecular formula is C16H26ClIN4O. The third-order valence-corrected chi connectivity index (χ3v) is 3.57. The highest BCUT2D eigenvalue weighted by molar-refractivity contribution is 14.0. The van der Waals surface area contributed by atoms with E-state index in [1.807, 2.05) is 43.1 Å². The topological polar surface area (TPSA) is 70.7 Å². The molecule has 0 aliphatic carbocycles. The number of primary amides is 1. The van der Waals surface area contributed by atoms with E-state index in [-0.39, 0.29) is 29.9 Å². The Labute approximate surface area is 160 Å². The molecule has 130 valence electrons. The van der Waals surface area contributed by atoms with Gasteiger partial charge in [0.05, 0.1) is 12.0 Å². The second kappa shape index (κ2) is 9.97. The lowest BCUT2D eigenvalue weighted by atomic mass is 9.93. The van der Waals surface area contributed by atoms with Crippen molar-refractivity contribution in [2.45, 2.75) is 27.3 Å². The van der Waals surface area contributed by atoms with E-state index in [0.29, 0.717) is 13.1 Å². The number of hydrogen-bond acceptors (Lipinski definition) is 2. The summed E-state index contributed by atoms with van der Waals surface area (Å²) in [7, 11) is 1.95. The summed E-state index contributed by atoms with van der Waals surface area (Å²) in [6, 6.07) is 7.70. The van der Waals surface area contributed by atoms with Gasteiger partial charge < -0.3 is 16.0 Å². The zero-order valence-corrected chi connectivity index (χ0v) is 17.2. The molecule has 0 saturated heterocycles. The maximum atomic E-state index is 11.4. The van der Waals surface area contributed by atoms with Crippen molar-refractivity contribution in [2.75, 3.05) is 20.1 Å². The third kappa shape index (κ3) is 7.39. The van der Waals surface area contributed by atoms with Gasteiger partial charge in [0.15, 0.2) is 5.96 Å². The molecular weight excluding hydrogens is 427 g/mol. The minimum atomic E-state index is -0.665. The molecule has 3 N–H and O–H groups in total. The van der Waals surface area contributed by atoms with E-state index in [2.05, 4.69) is 10.3 Å². The molecule has 23 heavy (non-hydrogen) atoms. The van der Waals surface area contributed by atoms with Crippen LogP contribution in [0.3, 0.4) is 0 Å². The highest BCUT2D eigenvalue weighted by Gasteiger charge is 2.24. The molecule has 0 atom stereocenters. The van der Waals surface area contributed by atoms with Crippen LogP contribution in [0.1, 0.15) is 26.3 Å². The van der Waals surface area contributed by atoms with E-state index < -0.39 is 5.41 Å². The first-order valence-electron chi connectivity index (χ1n) is 7.30. The van der Waals surface area contributed by atoms with Crippen LogP contribution in [0.15, 0.2) is 29.3 Å². The number of amides is 1. The van der Waals surface area contributed by atoms with Gasteiger partial charge in [-0.3, -0.25) is 9.79 Å². The lowest BCUT2D eigenvalue weighted by Gasteiger charge is -2.24. The van der Waals surface area contributed by atoms with Crippen LogP contribution in [-0.2, 0) is 11.3 Å². The summed E-state index contributed by atoms with van der Waals surface area (Å²) in [5, 5.41) is 3.94. The maximum absolute atomic E-state index is 11.4. The summed E-state index contributed by atoms with van der Waals surface area (Å²) in [6.07, 6.45) is 0. The van der Waals surface area contributed by atoms with Gasteiger partial charge in [-0.1, -0.05) is 23.7 Å². The number of guanidine groups is 1. The molecule has 1 rings (SSSR count). The SMILES string of the molecule is CCNC(=NCC(C)(C)C(N)=O)N(C)Cc1ccc(Cl)cc1.I. The number of rotatable bonds is 6. The lowest BCUT2D eigenvalue weighted by molar-refractivity contribution is -0.125. The fraction of sp³-hybridized carbons (Fsp3) is 0.500. The molecule has 1 amide bonds. The van der Waals surface area contributed by atoms with Crippen molar-refractivity contribution in [1.82, 2.24) is 10.2 Å². The molecule has 5 nitrogen and oxygen atoms in total. The first-order valence-corrected chi connectivity index (χ1v) is 7.68.